The van der Waals surface area contributed by atoms with Gasteiger partial charge in [0.25, 0.3) is 0 Å². The molecular weight excluding hydrogens is 534 g/mol. The van der Waals surface area contributed by atoms with E-state index in [9.17, 15) is 4.79 Å². The molecule has 1 saturated carbocycles. The standard InChI is InChI=1S/C28H30ClN7O4/c1-38-22-13-18(29)21(14-23(22)39-2)40-26-15-24(30-16-25-31-19-5-3-4-6-20(19)32-25)33-28(34-26)36-11-9-35(10-12-36)27(37)17-7-8-17/h3-6,13-15,17H,7-12,16H2,1-2H3,(H,31,32)(H,30,33,34). The highest BCUT2D eigenvalue weighted by atomic mass is 35.5. The Morgan fingerprint density at radius 1 is 1.00 bits per heavy atom. The van der Waals surface area contributed by atoms with E-state index < -0.39 is 0 Å². The molecule has 3 heterocycles. The minimum atomic E-state index is 0.208. The highest BCUT2D eigenvalue weighted by Crippen LogP contribution is 2.39. The van der Waals surface area contributed by atoms with Crippen LogP contribution in [0.2, 0.25) is 5.02 Å². The number of piperazine rings is 1. The summed E-state index contributed by atoms with van der Waals surface area (Å²) in [5, 5.41) is 3.69. The number of hydrogen-bond acceptors (Lipinski definition) is 9. The van der Waals surface area contributed by atoms with Gasteiger partial charge in [-0.25, -0.2) is 4.98 Å². The number of fused-ring (bicyclic) bond motifs is 1. The Morgan fingerprint density at radius 2 is 1.75 bits per heavy atom. The summed E-state index contributed by atoms with van der Waals surface area (Å²) >= 11 is 6.49. The van der Waals surface area contributed by atoms with E-state index in [2.05, 4.69) is 20.2 Å². The number of carbonyl (C=O) groups excluding carboxylic acids is 1. The molecule has 40 heavy (non-hydrogen) atoms. The van der Waals surface area contributed by atoms with Crippen LogP contribution >= 0.6 is 11.6 Å². The van der Waals surface area contributed by atoms with E-state index in [1.54, 1.807) is 32.4 Å². The van der Waals surface area contributed by atoms with Crippen molar-refractivity contribution < 1.29 is 19.0 Å². The van der Waals surface area contributed by atoms with Gasteiger partial charge < -0.3 is 34.3 Å². The van der Waals surface area contributed by atoms with Crippen LogP contribution in [0.3, 0.4) is 0 Å². The summed E-state index contributed by atoms with van der Waals surface area (Å²) in [6.07, 6.45) is 2.00. The number of methoxy groups -OCH3 is 2. The first-order valence-electron chi connectivity index (χ1n) is 13.2. The number of imidazole rings is 1. The smallest absolute Gasteiger partial charge is 0.230 e. The van der Waals surface area contributed by atoms with E-state index in [4.69, 9.17) is 35.8 Å². The molecule has 0 radical (unpaired) electrons. The fraction of sp³-hybridized carbons (Fsp3) is 0.357. The zero-order valence-electron chi connectivity index (χ0n) is 22.3. The van der Waals surface area contributed by atoms with Gasteiger partial charge in [-0.2, -0.15) is 9.97 Å². The molecule has 2 aromatic carbocycles. The molecule has 1 saturated heterocycles. The van der Waals surface area contributed by atoms with Crippen molar-refractivity contribution in [3.05, 3.63) is 53.3 Å². The largest absolute Gasteiger partial charge is 0.493 e. The van der Waals surface area contributed by atoms with Crippen LogP contribution in [0, 0.1) is 5.92 Å². The maximum absolute atomic E-state index is 12.5. The van der Waals surface area contributed by atoms with Crippen molar-refractivity contribution in [1.82, 2.24) is 24.8 Å². The number of carbonyl (C=O) groups is 1. The minimum Gasteiger partial charge on any atom is -0.493 e. The number of benzene rings is 2. The fourth-order valence-corrected chi connectivity index (χ4v) is 4.89. The van der Waals surface area contributed by atoms with Crippen molar-refractivity contribution in [3.8, 4) is 23.1 Å². The number of aromatic nitrogens is 4. The molecule has 2 aromatic heterocycles. The lowest BCUT2D eigenvalue weighted by molar-refractivity contribution is -0.132. The summed E-state index contributed by atoms with van der Waals surface area (Å²) in [5.74, 6) is 3.96. The van der Waals surface area contributed by atoms with E-state index in [0.717, 1.165) is 29.7 Å². The quantitative estimate of drug-likeness (QED) is 0.304. The van der Waals surface area contributed by atoms with Crippen molar-refractivity contribution >= 4 is 40.3 Å². The van der Waals surface area contributed by atoms with Crippen molar-refractivity contribution in [1.29, 1.82) is 0 Å². The predicted octanol–water partition coefficient (Wildman–Crippen LogP) is 4.49. The zero-order chi connectivity index (χ0) is 27.6. The maximum atomic E-state index is 12.5. The molecule has 0 spiro atoms. The fourth-order valence-electron chi connectivity index (χ4n) is 4.70. The van der Waals surface area contributed by atoms with Crippen molar-refractivity contribution in [2.24, 2.45) is 5.92 Å². The molecule has 0 unspecified atom stereocenters. The highest BCUT2D eigenvalue weighted by molar-refractivity contribution is 6.32. The molecule has 1 aliphatic carbocycles. The Hall–Kier alpha value is -4.25. The van der Waals surface area contributed by atoms with Crippen molar-refractivity contribution in [2.75, 3.05) is 50.6 Å². The number of H-pyrrole nitrogens is 1. The Labute approximate surface area is 236 Å². The molecule has 0 bridgehead atoms. The third kappa shape index (κ3) is 5.55. The second kappa shape index (κ2) is 11.1. The number of nitrogens with one attached hydrogen (secondary N) is 2. The number of halogens is 1. The predicted molar refractivity (Wildman–Crippen MR) is 152 cm³/mol. The molecule has 2 aliphatic rings. The van der Waals surface area contributed by atoms with Crippen LogP contribution in [-0.2, 0) is 11.3 Å². The molecule has 1 aliphatic heterocycles. The van der Waals surface area contributed by atoms with Gasteiger partial charge in [-0.05, 0) is 25.0 Å². The van der Waals surface area contributed by atoms with Crippen LogP contribution in [0.15, 0.2) is 42.5 Å². The summed E-state index contributed by atoms with van der Waals surface area (Å²) in [6, 6.07) is 12.9. The zero-order valence-corrected chi connectivity index (χ0v) is 23.1. The van der Waals surface area contributed by atoms with Gasteiger partial charge in [0.05, 0.1) is 36.8 Å². The molecule has 11 nitrogen and oxygen atoms in total. The van der Waals surface area contributed by atoms with Crippen LogP contribution in [0.4, 0.5) is 11.8 Å². The van der Waals surface area contributed by atoms with E-state index >= 15 is 0 Å². The monoisotopic (exact) mass is 563 g/mol. The maximum Gasteiger partial charge on any atom is 0.230 e. The first kappa shape index (κ1) is 26.0. The Kier molecular flexibility index (Phi) is 7.21. The average Bonchev–Trinajstić information content (AvgIpc) is 3.75. The van der Waals surface area contributed by atoms with Crippen LogP contribution in [0.1, 0.15) is 18.7 Å². The summed E-state index contributed by atoms with van der Waals surface area (Å²) in [7, 11) is 3.09. The number of amides is 1. The van der Waals surface area contributed by atoms with E-state index in [1.807, 2.05) is 29.2 Å². The Balaban J connectivity index is 1.25. The van der Waals surface area contributed by atoms with Gasteiger partial charge >= 0.3 is 0 Å². The lowest BCUT2D eigenvalue weighted by Crippen LogP contribution is -2.49. The molecule has 0 atom stereocenters. The van der Waals surface area contributed by atoms with Gasteiger partial charge in [0.1, 0.15) is 11.6 Å². The molecule has 1 amide bonds. The van der Waals surface area contributed by atoms with E-state index in [-0.39, 0.29) is 11.8 Å². The third-order valence-corrected chi connectivity index (χ3v) is 7.31. The van der Waals surface area contributed by atoms with Gasteiger partial charge in [-0.1, -0.05) is 23.7 Å². The highest BCUT2D eigenvalue weighted by Gasteiger charge is 2.35. The number of anilines is 2. The third-order valence-electron chi connectivity index (χ3n) is 7.02. The first-order chi connectivity index (χ1) is 19.5. The van der Waals surface area contributed by atoms with Crippen molar-refractivity contribution in [3.63, 3.8) is 0 Å². The van der Waals surface area contributed by atoms with Crippen LogP contribution in [0.5, 0.6) is 23.1 Å². The lowest BCUT2D eigenvalue weighted by Gasteiger charge is -2.35. The van der Waals surface area contributed by atoms with Gasteiger partial charge in [-0.3, -0.25) is 4.79 Å². The van der Waals surface area contributed by atoms with Gasteiger partial charge in [-0.15, -0.1) is 0 Å². The van der Waals surface area contributed by atoms with Crippen LogP contribution < -0.4 is 24.4 Å². The Morgan fingerprint density at radius 3 is 2.48 bits per heavy atom. The van der Waals surface area contributed by atoms with Crippen LogP contribution in [0.25, 0.3) is 11.0 Å². The first-order valence-corrected chi connectivity index (χ1v) is 13.6. The van der Waals surface area contributed by atoms with Gasteiger partial charge in [0.15, 0.2) is 17.2 Å². The number of aromatic amines is 1. The molecule has 2 fully saturated rings. The summed E-state index contributed by atoms with van der Waals surface area (Å²) in [5.41, 5.74) is 1.86. The van der Waals surface area contributed by atoms with E-state index in [0.29, 0.717) is 72.6 Å². The summed E-state index contributed by atoms with van der Waals surface area (Å²) in [6.45, 7) is 2.94. The Bertz CT molecular complexity index is 1500. The number of ether oxygens (including phenoxy) is 3. The number of rotatable bonds is 9. The topological polar surface area (TPSA) is 118 Å². The van der Waals surface area contributed by atoms with Gasteiger partial charge in [0.2, 0.25) is 17.7 Å². The van der Waals surface area contributed by atoms with Crippen LogP contribution in [-0.4, -0.2) is 71.1 Å². The number of hydrogen-bond donors (Lipinski definition) is 2. The lowest BCUT2D eigenvalue weighted by atomic mass is 10.2. The van der Waals surface area contributed by atoms with Crippen molar-refractivity contribution in [2.45, 2.75) is 19.4 Å². The molecule has 6 rings (SSSR count). The molecule has 4 aromatic rings. The SMILES string of the molecule is COc1cc(Cl)c(Oc2cc(NCc3nc4ccccc4[nH]3)nc(N3CCN(C(=O)C4CC4)CC3)n2)cc1OC. The average molecular weight is 564 g/mol. The minimum absolute atomic E-state index is 0.208. The second-order valence-corrected chi connectivity index (χ2v) is 10.2. The van der Waals surface area contributed by atoms with E-state index in [1.165, 1.54) is 0 Å². The second-order valence-electron chi connectivity index (χ2n) is 9.77. The number of para-hydroxylation sites is 2. The summed E-state index contributed by atoms with van der Waals surface area (Å²) < 4.78 is 16.9. The number of nitrogens with zero attached hydrogens (tertiary/aromatic N) is 5. The molecule has 12 heteroatoms. The normalized spacial score (nSPS) is 15.3. The molecular formula is C28H30ClN7O4. The van der Waals surface area contributed by atoms with Gasteiger partial charge in [0, 0.05) is 50.3 Å². The summed E-state index contributed by atoms with van der Waals surface area (Å²) in [4.78, 5) is 34.0. The molecule has 2 N–H and O–H groups in total. The molecule has 208 valence electrons.